The summed E-state index contributed by atoms with van der Waals surface area (Å²) >= 11 is 1.97. The maximum Gasteiger partial charge on any atom is 0.0962 e. The molecule has 2 nitrogen and oxygen atoms in total. The van der Waals surface area contributed by atoms with Gasteiger partial charge in [-0.25, -0.2) is 4.98 Å². The molecular formula is C17H30N2S. The number of aromatic nitrogens is 1. The van der Waals surface area contributed by atoms with E-state index in [1.54, 1.807) is 0 Å². The van der Waals surface area contributed by atoms with Crippen LogP contribution in [-0.2, 0) is 12.0 Å². The zero-order chi connectivity index (χ0) is 14.6. The number of nitrogens with one attached hydrogen (secondary N) is 1. The van der Waals surface area contributed by atoms with Crippen LogP contribution in [0.2, 0.25) is 0 Å². The average molecular weight is 295 g/mol. The van der Waals surface area contributed by atoms with E-state index in [9.17, 15) is 0 Å². The Bertz CT molecular complexity index is 411. The highest BCUT2D eigenvalue weighted by Crippen LogP contribution is 2.38. The lowest BCUT2D eigenvalue weighted by atomic mass is 9.89. The zero-order valence-corrected chi connectivity index (χ0v) is 14.4. The van der Waals surface area contributed by atoms with E-state index in [1.165, 1.54) is 54.1 Å². The molecule has 1 aliphatic rings. The smallest absolute Gasteiger partial charge is 0.0962 e. The Labute approximate surface area is 128 Å². The van der Waals surface area contributed by atoms with Crippen LogP contribution >= 0.6 is 11.3 Å². The van der Waals surface area contributed by atoms with Gasteiger partial charge in [0.05, 0.1) is 10.7 Å². The summed E-state index contributed by atoms with van der Waals surface area (Å²) in [6, 6.07) is 0. The summed E-state index contributed by atoms with van der Waals surface area (Å²) in [4.78, 5) is 6.53. The Morgan fingerprint density at radius 1 is 1.20 bits per heavy atom. The fourth-order valence-corrected chi connectivity index (χ4v) is 4.39. The molecule has 0 saturated heterocycles. The first kappa shape index (κ1) is 16.0. The summed E-state index contributed by atoms with van der Waals surface area (Å²) in [6.07, 6.45) is 8.08. The molecule has 1 N–H and O–H groups in total. The minimum absolute atomic E-state index is 0.159. The molecule has 1 aromatic heterocycles. The third kappa shape index (κ3) is 4.05. The molecule has 3 heteroatoms. The minimum Gasteiger partial charge on any atom is -0.312 e. The largest absolute Gasteiger partial charge is 0.312 e. The van der Waals surface area contributed by atoms with Crippen molar-refractivity contribution in [3.05, 3.63) is 15.6 Å². The molecular weight excluding hydrogens is 264 g/mol. The average Bonchev–Trinajstić information content (AvgIpc) is 2.84. The quantitative estimate of drug-likeness (QED) is 0.774. The van der Waals surface area contributed by atoms with Crippen LogP contribution in [-0.4, -0.2) is 11.5 Å². The molecule has 0 aliphatic heterocycles. The number of hydrogen-bond acceptors (Lipinski definition) is 3. The van der Waals surface area contributed by atoms with Gasteiger partial charge in [0.25, 0.3) is 0 Å². The van der Waals surface area contributed by atoms with E-state index in [4.69, 9.17) is 4.98 Å². The molecule has 0 amide bonds. The molecule has 0 atom stereocenters. The first-order valence-corrected chi connectivity index (χ1v) is 9.04. The van der Waals surface area contributed by atoms with Crippen molar-refractivity contribution in [1.29, 1.82) is 0 Å². The highest BCUT2D eigenvalue weighted by molar-refractivity contribution is 7.11. The van der Waals surface area contributed by atoms with E-state index in [1.807, 2.05) is 11.3 Å². The van der Waals surface area contributed by atoms with Crippen LogP contribution in [0.15, 0.2) is 0 Å². The van der Waals surface area contributed by atoms with E-state index in [-0.39, 0.29) is 5.41 Å². The lowest BCUT2D eigenvalue weighted by molar-refractivity contribution is 0.440. The van der Waals surface area contributed by atoms with Gasteiger partial charge in [0.1, 0.15) is 0 Å². The summed E-state index contributed by atoms with van der Waals surface area (Å²) in [5.41, 5.74) is 1.48. The molecule has 20 heavy (non-hydrogen) atoms. The molecule has 1 fully saturated rings. The van der Waals surface area contributed by atoms with Gasteiger partial charge in [0.2, 0.25) is 0 Å². The molecule has 1 heterocycles. The second kappa shape index (κ2) is 7.04. The van der Waals surface area contributed by atoms with E-state index in [0.29, 0.717) is 0 Å². The van der Waals surface area contributed by atoms with Crippen molar-refractivity contribution in [1.82, 2.24) is 10.3 Å². The summed E-state index contributed by atoms with van der Waals surface area (Å²) in [5.74, 6) is 0.731. The fraction of sp³-hybridized carbons (Fsp3) is 0.824. The van der Waals surface area contributed by atoms with Crippen LogP contribution in [0, 0.1) is 0 Å². The van der Waals surface area contributed by atoms with Gasteiger partial charge in [-0.3, -0.25) is 0 Å². The Hall–Kier alpha value is -0.410. The van der Waals surface area contributed by atoms with Gasteiger partial charge in [-0.1, -0.05) is 47.0 Å². The predicted octanol–water partition coefficient (Wildman–Crippen LogP) is 4.99. The van der Waals surface area contributed by atoms with E-state index < -0.39 is 0 Å². The zero-order valence-electron chi connectivity index (χ0n) is 13.6. The molecule has 0 bridgehead atoms. The van der Waals surface area contributed by atoms with Crippen LogP contribution in [0.4, 0.5) is 0 Å². The van der Waals surface area contributed by atoms with Crippen molar-refractivity contribution in [2.45, 2.75) is 84.1 Å². The highest BCUT2D eigenvalue weighted by atomic mass is 32.1. The van der Waals surface area contributed by atoms with Crippen LogP contribution in [0.1, 0.15) is 87.7 Å². The van der Waals surface area contributed by atoms with Gasteiger partial charge in [-0.15, -0.1) is 11.3 Å². The van der Waals surface area contributed by atoms with Gasteiger partial charge >= 0.3 is 0 Å². The molecule has 0 radical (unpaired) electrons. The summed E-state index contributed by atoms with van der Waals surface area (Å²) in [6.45, 7) is 11.2. The van der Waals surface area contributed by atoms with Crippen molar-refractivity contribution >= 4 is 11.3 Å². The lowest BCUT2D eigenvalue weighted by Gasteiger charge is -2.20. The summed E-state index contributed by atoms with van der Waals surface area (Å²) in [7, 11) is 0. The summed E-state index contributed by atoms with van der Waals surface area (Å²) < 4.78 is 0. The molecule has 0 aromatic carbocycles. The molecule has 0 spiro atoms. The van der Waals surface area contributed by atoms with Gasteiger partial charge in [0.15, 0.2) is 0 Å². The van der Waals surface area contributed by atoms with Crippen molar-refractivity contribution in [3.8, 4) is 0 Å². The Morgan fingerprint density at radius 2 is 1.90 bits per heavy atom. The Morgan fingerprint density at radius 3 is 2.50 bits per heavy atom. The number of hydrogen-bond donors (Lipinski definition) is 1. The van der Waals surface area contributed by atoms with E-state index in [0.717, 1.165) is 19.0 Å². The third-order valence-electron chi connectivity index (χ3n) is 4.09. The second-order valence-corrected chi connectivity index (χ2v) is 8.20. The SMILES string of the molecule is CCCNCc1sc(C2CCCCC2)nc1C(C)(C)C. The van der Waals surface area contributed by atoms with Crippen molar-refractivity contribution in [2.75, 3.05) is 6.54 Å². The van der Waals surface area contributed by atoms with Gasteiger partial charge in [-0.05, 0) is 25.8 Å². The van der Waals surface area contributed by atoms with E-state index >= 15 is 0 Å². The standard InChI is InChI=1S/C17H30N2S/c1-5-11-18-12-14-15(17(2,3)4)19-16(20-14)13-9-7-6-8-10-13/h13,18H,5-12H2,1-4H3. The number of nitrogens with zero attached hydrogens (tertiary/aromatic N) is 1. The molecule has 0 unspecified atom stereocenters. The van der Waals surface area contributed by atoms with Crippen molar-refractivity contribution < 1.29 is 0 Å². The lowest BCUT2D eigenvalue weighted by Crippen LogP contribution is -2.19. The van der Waals surface area contributed by atoms with Crippen LogP contribution in [0.3, 0.4) is 0 Å². The normalized spacial score (nSPS) is 17.6. The topological polar surface area (TPSA) is 24.9 Å². The molecule has 1 aliphatic carbocycles. The fourth-order valence-electron chi connectivity index (χ4n) is 2.98. The Balaban J connectivity index is 2.17. The number of thiazole rings is 1. The molecule has 2 rings (SSSR count). The molecule has 1 aromatic rings. The van der Waals surface area contributed by atoms with Crippen LogP contribution < -0.4 is 5.32 Å². The van der Waals surface area contributed by atoms with Crippen molar-refractivity contribution in [3.63, 3.8) is 0 Å². The summed E-state index contributed by atoms with van der Waals surface area (Å²) in [5, 5.41) is 4.96. The van der Waals surface area contributed by atoms with Crippen LogP contribution in [0.5, 0.6) is 0 Å². The van der Waals surface area contributed by atoms with Gasteiger partial charge in [0, 0.05) is 22.8 Å². The first-order valence-electron chi connectivity index (χ1n) is 8.23. The van der Waals surface area contributed by atoms with Gasteiger partial charge in [-0.2, -0.15) is 0 Å². The monoisotopic (exact) mass is 294 g/mol. The second-order valence-electron chi connectivity index (χ2n) is 7.09. The molecule has 114 valence electrons. The van der Waals surface area contributed by atoms with E-state index in [2.05, 4.69) is 33.0 Å². The number of rotatable bonds is 5. The minimum atomic E-state index is 0.159. The maximum atomic E-state index is 5.06. The third-order valence-corrected chi connectivity index (χ3v) is 5.31. The Kier molecular flexibility index (Phi) is 5.62. The predicted molar refractivity (Wildman–Crippen MR) is 88.6 cm³/mol. The highest BCUT2D eigenvalue weighted by Gasteiger charge is 2.26. The van der Waals surface area contributed by atoms with Crippen LogP contribution in [0.25, 0.3) is 0 Å². The molecule has 1 saturated carbocycles. The first-order chi connectivity index (χ1) is 9.52. The maximum absolute atomic E-state index is 5.06. The van der Waals surface area contributed by atoms with Crippen molar-refractivity contribution in [2.24, 2.45) is 0 Å². The van der Waals surface area contributed by atoms with Gasteiger partial charge < -0.3 is 5.32 Å².